The van der Waals surface area contributed by atoms with Gasteiger partial charge in [-0.25, -0.2) is 0 Å². The summed E-state index contributed by atoms with van der Waals surface area (Å²) in [4.78, 5) is 0. The second-order valence-electron chi connectivity index (χ2n) is 4.49. The number of unbranched alkanes of at least 4 members (excludes halogenated alkanes) is 1. The first-order chi connectivity index (χ1) is 8.69. The molecule has 0 aliphatic heterocycles. The van der Waals surface area contributed by atoms with E-state index in [0.29, 0.717) is 13.2 Å². The summed E-state index contributed by atoms with van der Waals surface area (Å²) in [6.07, 6.45) is 2.25. The van der Waals surface area contributed by atoms with Gasteiger partial charge in [0.25, 0.3) is 0 Å². The van der Waals surface area contributed by atoms with Crippen LogP contribution >= 0.6 is 0 Å². The van der Waals surface area contributed by atoms with Gasteiger partial charge in [0.05, 0.1) is 13.2 Å². The Morgan fingerprint density at radius 2 is 2.06 bits per heavy atom. The third-order valence-corrected chi connectivity index (χ3v) is 2.81. The van der Waals surface area contributed by atoms with E-state index in [1.54, 1.807) is 0 Å². The smallest absolute Gasteiger partial charge is 0.124 e. The van der Waals surface area contributed by atoms with E-state index in [4.69, 9.17) is 15.2 Å². The Bertz CT molecular complexity index is 350. The molecule has 1 unspecified atom stereocenters. The van der Waals surface area contributed by atoms with Gasteiger partial charge in [0.2, 0.25) is 0 Å². The van der Waals surface area contributed by atoms with Gasteiger partial charge in [0.1, 0.15) is 5.75 Å². The van der Waals surface area contributed by atoms with Crippen LogP contribution < -0.4 is 10.5 Å². The normalized spacial score (nSPS) is 12.4. The Hall–Kier alpha value is -1.06. The minimum atomic E-state index is 0.0371. The topological polar surface area (TPSA) is 44.5 Å². The number of hydrogen-bond donors (Lipinski definition) is 1. The molecule has 0 saturated carbocycles. The van der Waals surface area contributed by atoms with Crippen LogP contribution in [-0.4, -0.2) is 13.2 Å². The largest absolute Gasteiger partial charge is 0.494 e. The van der Waals surface area contributed by atoms with Crippen LogP contribution in [0.2, 0.25) is 0 Å². The number of rotatable bonds is 8. The van der Waals surface area contributed by atoms with Crippen molar-refractivity contribution in [3.05, 3.63) is 29.3 Å². The third-order valence-electron chi connectivity index (χ3n) is 2.81. The third kappa shape index (κ3) is 4.67. The Morgan fingerprint density at radius 1 is 1.28 bits per heavy atom. The number of ether oxygens (including phenoxy) is 2. The summed E-state index contributed by atoms with van der Waals surface area (Å²) in [5, 5.41) is 0. The van der Waals surface area contributed by atoms with Gasteiger partial charge < -0.3 is 15.2 Å². The zero-order valence-corrected chi connectivity index (χ0v) is 11.7. The van der Waals surface area contributed by atoms with E-state index in [1.807, 2.05) is 26.0 Å². The monoisotopic (exact) mass is 251 g/mol. The van der Waals surface area contributed by atoms with E-state index in [0.717, 1.165) is 36.3 Å². The summed E-state index contributed by atoms with van der Waals surface area (Å²) in [7, 11) is 0. The second kappa shape index (κ2) is 8.11. The van der Waals surface area contributed by atoms with Gasteiger partial charge in [-0.3, -0.25) is 0 Å². The van der Waals surface area contributed by atoms with Gasteiger partial charge in [0, 0.05) is 18.2 Å². The first-order valence-corrected chi connectivity index (χ1v) is 6.78. The molecule has 3 nitrogen and oxygen atoms in total. The van der Waals surface area contributed by atoms with Crippen LogP contribution in [0.4, 0.5) is 0 Å². The van der Waals surface area contributed by atoms with Gasteiger partial charge in [-0.15, -0.1) is 0 Å². The first kappa shape index (κ1) is 15.0. The van der Waals surface area contributed by atoms with E-state index in [9.17, 15) is 0 Å². The van der Waals surface area contributed by atoms with Gasteiger partial charge in [-0.1, -0.05) is 19.4 Å². The van der Waals surface area contributed by atoms with Crippen molar-refractivity contribution in [2.24, 2.45) is 5.73 Å². The Morgan fingerprint density at radius 3 is 2.67 bits per heavy atom. The van der Waals surface area contributed by atoms with E-state index < -0.39 is 0 Å². The van der Waals surface area contributed by atoms with Crippen molar-refractivity contribution in [3.63, 3.8) is 0 Å². The average molecular weight is 251 g/mol. The lowest BCUT2D eigenvalue weighted by Gasteiger charge is -2.14. The van der Waals surface area contributed by atoms with E-state index in [1.165, 1.54) is 0 Å². The molecule has 0 aliphatic rings. The molecular weight excluding hydrogens is 226 g/mol. The molecule has 0 aromatic heterocycles. The van der Waals surface area contributed by atoms with Crippen LogP contribution in [0.3, 0.4) is 0 Å². The summed E-state index contributed by atoms with van der Waals surface area (Å²) in [6, 6.07) is 6.13. The quantitative estimate of drug-likeness (QED) is 0.720. The maximum Gasteiger partial charge on any atom is 0.124 e. The van der Waals surface area contributed by atoms with E-state index >= 15 is 0 Å². The van der Waals surface area contributed by atoms with Crippen molar-refractivity contribution in [1.82, 2.24) is 0 Å². The fraction of sp³-hybridized carbons (Fsp3) is 0.600. The van der Waals surface area contributed by atoms with Gasteiger partial charge in [-0.2, -0.15) is 0 Å². The molecule has 3 heteroatoms. The number of hydrogen-bond acceptors (Lipinski definition) is 3. The Kier molecular flexibility index (Phi) is 6.76. The summed E-state index contributed by atoms with van der Waals surface area (Å²) >= 11 is 0. The highest BCUT2D eigenvalue weighted by molar-refractivity contribution is 5.38. The molecule has 0 aliphatic carbocycles. The van der Waals surface area contributed by atoms with Crippen molar-refractivity contribution in [1.29, 1.82) is 0 Å². The molecule has 1 rings (SSSR count). The highest BCUT2D eigenvalue weighted by Crippen LogP contribution is 2.23. The first-order valence-electron chi connectivity index (χ1n) is 6.78. The number of nitrogens with two attached hydrogens (primary N) is 1. The van der Waals surface area contributed by atoms with Crippen LogP contribution in [0, 0.1) is 0 Å². The molecule has 0 spiro atoms. The zero-order chi connectivity index (χ0) is 13.4. The predicted molar refractivity (Wildman–Crippen MR) is 74.8 cm³/mol. The molecule has 1 aromatic rings. The van der Waals surface area contributed by atoms with Crippen molar-refractivity contribution in [3.8, 4) is 5.75 Å². The van der Waals surface area contributed by atoms with Crippen LogP contribution in [-0.2, 0) is 11.3 Å². The van der Waals surface area contributed by atoms with Crippen LogP contribution in [0.1, 0.15) is 50.8 Å². The molecule has 0 heterocycles. The molecule has 0 bridgehead atoms. The fourth-order valence-corrected chi connectivity index (χ4v) is 1.72. The highest BCUT2D eigenvalue weighted by atomic mass is 16.5. The van der Waals surface area contributed by atoms with Gasteiger partial charge >= 0.3 is 0 Å². The SMILES string of the molecule is CCCCOCc1cc(C(C)N)ccc1OCC. The minimum Gasteiger partial charge on any atom is -0.494 e. The molecular formula is C15H25NO2. The van der Waals surface area contributed by atoms with Crippen molar-refractivity contribution in [2.75, 3.05) is 13.2 Å². The maximum atomic E-state index is 5.90. The average Bonchev–Trinajstić information content (AvgIpc) is 2.36. The number of benzene rings is 1. The van der Waals surface area contributed by atoms with Crippen LogP contribution in [0.15, 0.2) is 18.2 Å². The predicted octanol–water partition coefficient (Wildman–Crippen LogP) is 3.42. The van der Waals surface area contributed by atoms with Crippen molar-refractivity contribution >= 4 is 0 Å². The lowest BCUT2D eigenvalue weighted by atomic mass is 10.1. The molecule has 0 saturated heterocycles. The van der Waals surface area contributed by atoms with Gasteiger partial charge in [0.15, 0.2) is 0 Å². The van der Waals surface area contributed by atoms with Crippen molar-refractivity contribution < 1.29 is 9.47 Å². The minimum absolute atomic E-state index is 0.0371. The maximum absolute atomic E-state index is 5.90. The van der Waals surface area contributed by atoms with Crippen LogP contribution in [0.25, 0.3) is 0 Å². The van der Waals surface area contributed by atoms with Crippen molar-refractivity contribution in [2.45, 2.75) is 46.3 Å². The lowest BCUT2D eigenvalue weighted by Crippen LogP contribution is -2.07. The Labute approximate surface area is 110 Å². The standard InChI is InChI=1S/C15H25NO2/c1-4-6-9-17-11-14-10-13(12(3)16)7-8-15(14)18-5-2/h7-8,10,12H,4-6,9,11,16H2,1-3H3. The molecule has 1 aromatic carbocycles. The van der Waals surface area contributed by atoms with E-state index in [2.05, 4.69) is 13.0 Å². The molecule has 0 amide bonds. The molecule has 2 N–H and O–H groups in total. The summed E-state index contributed by atoms with van der Waals surface area (Å²) in [5.41, 5.74) is 8.11. The molecule has 0 radical (unpaired) electrons. The Balaban J connectivity index is 2.72. The van der Waals surface area contributed by atoms with E-state index in [-0.39, 0.29) is 6.04 Å². The lowest BCUT2D eigenvalue weighted by molar-refractivity contribution is 0.115. The van der Waals surface area contributed by atoms with Gasteiger partial charge in [-0.05, 0) is 38.0 Å². The molecule has 102 valence electrons. The highest BCUT2D eigenvalue weighted by Gasteiger charge is 2.07. The summed E-state index contributed by atoms with van der Waals surface area (Å²) in [5.74, 6) is 0.901. The zero-order valence-electron chi connectivity index (χ0n) is 11.7. The fourth-order valence-electron chi connectivity index (χ4n) is 1.72. The molecule has 0 fully saturated rings. The molecule has 1 atom stereocenters. The summed E-state index contributed by atoms with van der Waals surface area (Å²) in [6.45, 7) is 8.18. The summed E-state index contributed by atoms with van der Waals surface area (Å²) < 4.78 is 11.3. The van der Waals surface area contributed by atoms with Crippen LogP contribution in [0.5, 0.6) is 5.75 Å². The second-order valence-corrected chi connectivity index (χ2v) is 4.49. The molecule has 18 heavy (non-hydrogen) atoms.